The molecule has 0 atom stereocenters. The van der Waals surface area contributed by atoms with Crippen molar-refractivity contribution in [2.75, 3.05) is 22.9 Å². The molecule has 42 heavy (non-hydrogen) atoms. The van der Waals surface area contributed by atoms with Crippen LogP contribution < -0.4 is 9.80 Å². The van der Waals surface area contributed by atoms with Crippen LogP contribution in [0.5, 0.6) is 0 Å². The van der Waals surface area contributed by atoms with E-state index in [1.54, 1.807) is 11.3 Å². The van der Waals surface area contributed by atoms with Crippen LogP contribution in [0.2, 0.25) is 0 Å². The molecule has 218 valence electrons. The van der Waals surface area contributed by atoms with Gasteiger partial charge in [-0.15, -0.1) is 30.7 Å². The van der Waals surface area contributed by atoms with Gasteiger partial charge in [0.15, 0.2) is 0 Å². The van der Waals surface area contributed by atoms with Gasteiger partial charge in [0, 0.05) is 25.2 Å². The van der Waals surface area contributed by atoms with Crippen LogP contribution in [0.1, 0.15) is 51.7 Å². The van der Waals surface area contributed by atoms with Crippen molar-refractivity contribution in [3.8, 4) is 0 Å². The fraction of sp³-hybridized carbons (Fsp3) is 0.400. The third kappa shape index (κ3) is 7.29. The number of nitrogens with zero attached hydrogens (tertiary/aromatic N) is 10. The van der Waals surface area contributed by atoms with E-state index in [0.29, 0.717) is 17.2 Å². The Morgan fingerprint density at radius 3 is 1.88 bits per heavy atom. The van der Waals surface area contributed by atoms with Crippen molar-refractivity contribution < 1.29 is 0 Å². The molecule has 0 N–H and O–H groups in total. The van der Waals surface area contributed by atoms with Gasteiger partial charge in [0.2, 0.25) is 5.13 Å². The fourth-order valence-electron chi connectivity index (χ4n) is 4.81. The van der Waals surface area contributed by atoms with E-state index in [2.05, 4.69) is 84.4 Å². The van der Waals surface area contributed by atoms with Gasteiger partial charge < -0.3 is 9.80 Å². The molecule has 0 radical (unpaired) electrons. The van der Waals surface area contributed by atoms with Crippen LogP contribution in [-0.2, 0) is 0 Å². The Morgan fingerprint density at radius 1 is 0.690 bits per heavy atom. The van der Waals surface area contributed by atoms with Crippen LogP contribution in [0.25, 0.3) is 0 Å². The van der Waals surface area contributed by atoms with Crippen LogP contribution in [0.4, 0.5) is 43.0 Å². The van der Waals surface area contributed by atoms with E-state index in [9.17, 15) is 0 Å². The summed E-state index contributed by atoms with van der Waals surface area (Å²) in [6.45, 7) is 14.8. The summed E-state index contributed by atoms with van der Waals surface area (Å²) in [5, 5.41) is 38.6. The number of azo groups is 3. The Kier molecular flexibility index (Phi) is 9.43. The molecular formula is C30H36N10S2. The smallest absolute Gasteiger partial charge is 0.253 e. The molecule has 3 heterocycles. The van der Waals surface area contributed by atoms with Crippen molar-refractivity contribution in [3.63, 3.8) is 0 Å². The van der Waals surface area contributed by atoms with Crippen molar-refractivity contribution in [3.05, 3.63) is 59.7 Å². The Balaban J connectivity index is 1.21. The molecule has 10 nitrogen and oxygen atoms in total. The molecule has 1 fully saturated rings. The third-order valence-electron chi connectivity index (χ3n) is 6.87. The molecule has 0 saturated carbocycles. The van der Waals surface area contributed by atoms with Crippen LogP contribution in [0, 0.1) is 13.8 Å². The maximum Gasteiger partial charge on any atom is 0.253 e. The Morgan fingerprint density at radius 2 is 1.29 bits per heavy atom. The Bertz CT molecular complexity index is 1590. The van der Waals surface area contributed by atoms with E-state index in [-0.39, 0.29) is 0 Å². The van der Waals surface area contributed by atoms with Gasteiger partial charge in [0.05, 0.1) is 27.8 Å². The molecule has 1 aliphatic rings. The summed E-state index contributed by atoms with van der Waals surface area (Å²) in [4.78, 5) is 4.63. The van der Waals surface area contributed by atoms with Gasteiger partial charge in [-0.2, -0.15) is 10.2 Å². The van der Waals surface area contributed by atoms with E-state index >= 15 is 0 Å². The zero-order chi connectivity index (χ0) is 29.6. The first-order valence-electron chi connectivity index (χ1n) is 14.2. The van der Waals surface area contributed by atoms with E-state index in [0.717, 1.165) is 57.1 Å². The largest absolute Gasteiger partial charge is 0.363 e. The lowest BCUT2D eigenvalue weighted by atomic mass is 10.2. The van der Waals surface area contributed by atoms with Crippen molar-refractivity contribution in [2.24, 2.45) is 30.7 Å². The summed E-state index contributed by atoms with van der Waals surface area (Å²) in [6, 6.07) is 16.3. The maximum absolute atomic E-state index is 4.47. The van der Waals surface area contributed by atoms with Gasteiger partial charge in [-0.25, -0.2) is 0 Å². The van der Waals surface area contributed by atoms with Crippen LogP contribution in [0.3, 0.4) is 0 Å². The minimum atomic E-state index is 0.323. The first-order valence-corrected chi connectivity index (χ1v) is 15.8. The molecule has 0 unspecified atom stereocenters. The van der Waals surface area contributed by atoms with Gasteiger partial charge in [-0.3, -0.25) is 0 Å². The summed E-state index contributed by atoms with van der Waals surface area (Å²) in [5.74, 6) is 0. The van der Waals surface area contributed by atoms with Gasteiger partial charge in [0.25, 0.3) is 5.13 Å². The summed E-state index contributed by atoms with van der Waals surface area (Å²) in [7, 11) is 0. The average Bonchev–Trinajstić information content (AvgIpc) is 3.73. The molecule has 5 rings (SSSR count). The lowest BCUT2D eigenvalue weighted by Gasteiger charge is -2.29. The minimum Gasteiger partial charge on any atom is -0.363 e. The quantitative estimate of drug-likeness (QED) is 0.169. The van der Waals surface area contributed by atoms with E-state index < -0.39 is 0 Å². The maximum atomic E-state index is 4.47. The van der Waals surface area contributed by atoms with Gasteiger partial charge in [-0.05, 0) is 114 Å². The number of anilines is 2. The summed E-state index contributed by atoms with van der Waals surface area (Å²) in [5.41, 5.74) is 4.98. The average molecular weight is 601 g/mol. The van der Waals surface area contributed by atoms with Gasteiger partial charge >= 0.3 is 0 Å². The van der Waals surface area contributed by atoms with Gasteiger partial charge in [0.1, 0.15) is 5.00 Å². The van der Waals surface area contributed by atoms with Crippen molar-refractivity contribution >= 4 is 65.7 Å². The number of hydrogen-bond donors (Lipinski definition) is 0. The van der Waals surface area contributed by atoms with Gasteiger partial charge in [-0.1, -0.05) is 22.7 Å². The number of benzene rings is 2. The lowest BCUT2D eigenvalue weighted by Crippen LogP contribution is -2.36. The Hall–Kier alpha value is -3.90. The summed E-state index contributed by atoms with van der Waals surface area (Å²) < 4.78 is 0. The molecule has 2 aromatic heterocycles. The van der Waals surface area contributed by atoms with Crippen LogP contribution in [0.15, 0.2) is 79.2 Å². The number of hydrogen-bond acceptors (Lipinski definition) is 12. The third-order valence-corrected chi connectivity index (χ3v) is 8.73. The molecule has 1 aliphatic heterocycles. The zero-order valence-corrected chi connectivity index (χ0v) is 26.5. The highest BCUT2D eigenvalue weighted by Crippen LogP contribution is 2.36. The van der Waals surface area contributed by atoms with E-state index in [1.807, 2.05) is 56.3 Å². The molecule has 0 amide bonds. The predicted octanol–water partition coefficient (Wildman–Crippen LogP) is 10.7. The topological polar surface area (TPSA) is 106 Å². The monoisotopic (exact) mass is 600 g/mol. The molecule has 1 saturated heterocycles. The number of rotatable bonds is 10. The summed E-state index contributed by atoms with van der Waals surface area (Å²) in [6.07, 6.45) is 2.52. The van der Waals surface area contributed by atoms with E-state index in [1.165, 1.54) is 29.2 Å². The van der Waals surface area contributed by atoms with Crippen molar-refractivity contribution in [1.82, 2.24) is 10.2 Å². The second-order valence-electron chi connectivity index (χ2n) is 10.8. The number of aryl methyl sites for hydroxylation is 2. The van der Waals surface area contributed by atoms with Crippen LogP contribution in [-0.4, -0.2) is 35.4 Å². The number of thiophene rings is 1. The highest BCUT2D eigenvalue weighted by atomic mass is 32.1. The lowest BCUT2D eigenvalue weighted by molar-refractivity contribution is 0.603. The first kappa shape index (κ1) is 29.6. The molecule has 12 heteroatoms. The molecule has 4 aromatic rings. The molecule has 0 spiro atoms. The first-order chi connectivity index (χ1) is 20.3. The van der Waals surface area contributed by atoms with E-state index in [4.69, 9.17) is 0 Å². The predicted molar refractivity (Wildman–Crippen MR) is 173 cm³/mol. The van der Waals surface area contributed by atoms with Crippen molar-refractivity contribution in [2.45, 2.75) is 66.5 Å². The second kappa shape index (κ2) is 13.4. The molecule has 0 bridgehead atoms. The highest BCUT2D eigenvalue weighted by molar-refractivity contribution is 7.19. The minimum absolute atomic E-state index is 0.323. The molecule has 2 aromatic carbocycles. The number of aromatic nitrogens is 2. The Labute approximate surface area is 255 Å². The molecule has 0 aliphatic carbocycles. The summed E-state index contributed by atoms with van der Waals surface area (Å²) >= 11 is 3.12. The zero-order valence-electron chi connectivity index (χ0n) is 24.9. The second-order valence-corrected chi connectivity index (χ2v) is 12.8. The normalized spacial score (nSPS) is 14.1. The van der Waals surface area contributed by atoms with Crippen molar-refractivity contribution in [1.29, 1.82) is 0 Å². The molecular weight excluding hydrogens is 565 g/mol. The SMILES string of the molecule is Cc1cc(/N=N/c2ccc(N3CCCC3)s2)ccc1/N=N/c1ccc(/N=N/c2nnc(N(C(C)C)C(C)C)s2)c(C)c1. The highest BCUT2D eigenvalue weighted by Gasteiger charge is 2.19. The fourth-order valence-corrected chi connectivity index (χ4v) is 6.63. The van der Waals surface area contributed by atoms with Crippen LogP contribution >= 0.6 is 22.7 Å². The standard InChI is InChI=1S/C30H36N10S2/c1-19(2)40(20(3)4)30-38-37-29(42-30)36-34-26-12-9-23(17-22(26)6)31-33-25-11-10-24(18-21(25)5)32-35-27-13-14-28(41-27)39-15-7-8-16-39/h9-14,17-20H,7-8,15-16H2,1-6H3/b33-31+,35-32+,36-34+.